The number of imidazole rings is 1. The van der Waals surface area contributed by atoms with Crippen molar-refractivity contribution >= 4 is 32.8 Å². The number of nitrogens with zero attached hydrogens (tertiary/aromatic N) is 5. The molecule has 6 nitrogen and oxygen atoms in total. The number of aromatic nitrogens is 5. The number of rotatable bonds is 5. The van der Waals surface area contributed by atoms with Gasteiger partial charge in [0.2, 0.25) is 0 Å². The van der Waals surface area contributed by atoms with Crippen molar-refractivity contribution in [2.45, 2.75) is 105 Å². The Hall–Kier alpha value is -5.75. The molecule has 8 aromatic rings. The van der Waals surface area contributed by atoms with Crippen molar-refractivity contribution in [3.05, 3.63) is 144 Å². The van der Waals surface area contributed by atoms with Crippen LogP contribution in [-0.4, -0.2) is 19.1 Å². The van der Waals surface area contributed by atoms with Gasteiger partial charge >= 0.3 is 0 Å². The Morgan fingerprint density at radius 1 is 0.544 bits per heavy atom. The van der Waals surface area contributed by atoms with Crippen LogP contribution in [0.2, 0.25) is 0 Å². The van der Waals surface area contributed by atoms with Gasteiger partial charge in [0, 0.05) is 29.2 Å². The Balaban J connectivity index is 1.24. The second-order valence-corrected chi connectivity index (χ2v) is 19.7. The average molecular weight is 754 g/mol. The predicted molar refractivity (Wildman–Crippen MR) is 235 cm³/mol. The van der Waals surface area contributed by atoms with Crippen molar-refractivity contribution < 1.29 is 9.30 Å². The number of hydrogen-bond acceptors (Lipinski definition) is 3. The van der Waals surface area contributed by atoms with Crippen molar-refractivity contribution in [3.8, 4) is 28.7 Å². The summed E-state index contributed by atoms with van der Waals surface area (Å²) in [4.78, 5) is 9.56. The molecule has 0 unspecified atom stereocenters. The van der Waals surface area contributed by atoms with Crippen molar-refractivity contribution in [2.75, 3.05) is 0 Å². The van der Waals surface area contributed by atoms with E-state index in [2.05, 4.69) is 188 Å². The fourth-order valence-electron chi connectivity index (χ4n) is 7.56. The molecule has 0 atom stereocenters. The maximum atomic E-state index is 6.66. The van der Waals surface area contributed by atoms with Crippen LogP contribution >= 0.6 is 0 Å². The van der Waals surface area contributed by atoms with Gasteiger partial charge in [-0.1, -0.05) is 119 Å². The van der Waals surface area contributed by atoms with E-state index in [1.54, 1.807) is 6.20 Å². The van der Waals surface area contributed by atoms with Crippen molar-refractivity contribution in [2.24, 2.45) is 0 Å². The maximum absolute atomic E-state index is 6.66. The van der Waals surface area contributed by atoms with Gasteiger partial charge in [0.05, 0.1) is 39.6 Å². The highest BCUT2D eigenvalue weighted by molar-refractivity contribution is 6.09. The first-order valence-electron chi connectivity index (χ1n) is 20.1. The number of fused-ring (bicyclic) bond motifs is 4. The Labute approximate surface area is 337 Å². The molecule has 8 rings (SSSR count). The third-order valence-corrected chi connectivity index (χ3v) is 11.1. The Morgan fingerprint density at radius 3 is 1.88 bits per heavy atom. The molecule has 0 N–H and O–H groups in total. The van der Waals surface area contributed by atoms with E-state index < -0.39 is 0 Å². The molecule has 4 aromatic heterocycles. The Kier molecular flexibility index (Phi) is 8.99. The van der Waals surface area contributed by atoms with E-state index in [9.17, 15) is 0 Å². The summed E-state index contributed by atoms with van der Waals surface area (Å²) in [6.45, 7) is 27.2. The summed E-state index contributed by atoms with van der Waals surface area (Å²) in [5, 5.41) is 2.32. The number of pyridine rings is 2. The van der Waals surface area contributed by atoms with E-state index in [0.717, 1.165) is 50.4 Å². The van der Waals surface area contributed by atoms with Gasteiger partial charge in [-0.05, 0) is 98.5 Å². The van der Waals surface area contributed by atoms with Crippen LogP contribution in [0.25, 0.3) is 50.0 Å². The van der Waals surface area contributed by atoms with Gasteiger partial charge < -0.3 is 4.74 Å². The summed E-state index contributed by atoms with van der Waals surface area (Å²) >= 11 is 0. The third-order valence-electron chi connectivity index (χ3n) is 11.1. The van der Waals surface area contributed by atoms with Gasteiger partial charge in [-0.3, -0.25) is 18.7 Å². The number of hydrogen-bond donors (Lipinski definition) is 0. The molecule has 0 radical (unpaired) electrons. The van der Waals surface area contributed by atoms with E-state index in [0.29, 0.717) is 5.75 Å². The number of para-hydroxylation sites is 1. The van der Waals surface area contributed by atoms with Crippen LogP contribution in [0.3, 0.4) is 0 Å². The van der Waals surface area contributed by atoms with Gasteiger partial charge in [-0.25, -0.2) is 4.98 Å². The van der Waals surface area contributed by atoms with E-state index in [1.165, 1.54) is 27.6 Å². The lowest BCUT2D eigenvalue weighted by molar-refractivity contribution is -0.572. The van der Waals surface area contributed by atoms with Crippen molar-refractivity contribution in [1.82, 2.24) is 19.1 Å². The van der Waals surface area contributed by atoms with E-state index in [4.69, 9.17) is 14.7 Å². The first-order chi connectivity index (χ1) is 26.8. The molecule has 0 saturated carbocycles. The minimum absolute atomic E-state index is 0.00874. The topological polar surface area (TPSA) is 48.8 Å². The van der Waals surface area contributed by atoms with Crippen LogP contribution < -0.4 is 9.30 Å². The van der Waals surface area contributed by atoms with E-state index in [1.807, 2.05) is 24.5 Å². The lowest BCUT2D eigenvalue weighted by Gasteiger charge is -2.26. The largest absolute Gasteiger partial charge is 0.456 e. The molecule has 0 spiro atoms. The molecule has 0 saturated heterocycles. The monoisotopic (exact) mass is 753 g/mol. The summed E-state index contributed by atoms with van der Waals surface area (Å²) in [7, 11) is 0. The lowest BCUT2D eigenvalue weighted by atomic mass is 9.80. The number of ether oxygens (including phenoxy) is 1. The minimum Gasteiger partial charge on any atom is -0.456 e. The molecule has 4 heterocycles. The fourth-order valence-corrected chi connectivity index (χ4v) is 7.56. The highest BCUT2D eigenvalue weighted by atomic mass is 16.5. The fraction of sp³-hybridized carbons (Fsp3) is 0.314. The zero-order valence-electron chi connectivity index (χ0n) is 35.6. The van der Waals surface area contributed by atoms with Gasteiger partial charge in [0.1, 0.15) is 17.3 Å². The maximum Gasteiger partial charge on any atom is 0.269 e. The van der Waals surface area contributed by atoms with Crippen LogP contribution in [0, 0.1) is 6.33 Å². The summed E-state index contributed by atoms with van der Waals surface area (Å²) in [6, 6.07) is 34.9. The minimum atomic E-state index is -0.0224. The highest BCUT2D eigenvalue weighted by Crippen LogP contribution is 2.37. The SMILES string of the molecule is CC(C)(C)c1cc(-[n+]2[c-]n(-c3cncc(Oc4ccc5c6ccccc6n(-c6cc(C(C)(C)C)ccn6)c5c4)c3)c3ccc(C(C)(C)C)cc32)cc(C(C)(C)C)c1. The van der Waals surface area contributed by atoms with Gasteiger partial charge in [-0.2, -0.15) is 0 Å². The zero-order chi connectivity index (χ0) is 40.7. The van der Waals surface area contributed by atoms with E-state index >= 15 is 0 Å². The molecule has 0 aliphatic rings. The van der Waals surface area contributed by atoms with E-state index in [-0.39, 0.29) is 21.7 Å². The van der Waals surface area contributed by atoms with Gasteiger partial charge in [0.15, 0.2) is 0 Å². The molecule has 0 fully saturated rings. The first-order valence-corrected chi connectivity index (χ1v) is 20.1. The van der Waals surface area contributed by atoms with Crippen LogP contribution in [0.4, 0.5) is 0 Å². The van der Waals surface area contributed by atoms with Crippen molar-refractivity contribution in [3.63, 3.8) is 0 Å². The molecular formula is C51H55N5O. The summed E-state index contributed by atoms with van der Waals surface area (Å²) in [5.74, 6) is 2.24. The molecule has 57 heavy (non-hydrogen) atoms. The number of benzene rings is 4. The molecule has 0 aliphatic heterocycles. The summed E-state index contributed by atoms with van der Waals surface area (Å²) in [6.07, 6.45) is 9.32. The molecular weight excluding hydrogens is 699 g/mol. The summed E-state index contributed by atoms with van der Waals surface area (Å²) in [5.41, 5.74) is 11.2. The van der Waals surface area contributed by atoms with Crippen LogP contribution in [0.1, 0.15) is 105 Å². The standard InChI is InChI=1S/C51H55N5O/c1-48(2,3)33-17-20-44-46(26-33)54(37-24-35(50(7,8)9)23-36(25-37)51(10,11)12)32-55(44)38-28-40(31-52-30-38)57-39-18-19-42-41-15-13-14-16-43(41)56(45(42)29-39)47-27-34(21-22-53-47)49(4,5)6/h13-31H,1-12H3. The smallest absolute Gasteiger partial charge is 0.269 e. The molecule has 290 valence electrons. The molecule has 0 amide bonds. The van der Waals surface area contributed by atoms with Crippen LogP contribution in [0.5, 0.6) is 11.5 Å². The zero-order valence-corrected chi connectivity index (χ0v) is 35.6. The van der Waals surface area contributed by atoms with Gasteiger partial charge in [-0.15, -0.1) is 0 Å². The second kappa shape index (κ2) is 13.4. The quantitative estimate of drug-likeness (QED) is 0.130. The Morgan fingerprint density at radius 2 is 1.19 bits per heavy atom. The first kappa shape index (κ1) is 38.1. The van der Waals surface area contributed by atoms with Crippen LogP contribution in [-0.2, 0) is 21.7 Å². The normalized spacial score (nSPS) is 12.9. The lowest BCUT2D eigenvalue weighted by Crippen LogP contribution is -2.31. The molecule has 6 heteroatoms. The van der Waals surface area contributed by atoms with Gasteiger partial charge in [0.25, 0.3) is 6.33 Å². The highest BCUT2D eigenvalue weighted by Gasteiger charge is 2.24. The third kappa shape index (κ3) is 7.22. The molecule has 4 aromatic carbocycles. The average Bonchev–Trinajstić information content (AvgIpc) is 3.69. The molecule has 0 bridgehead atoms. The Bertz CT molecular complexity index is 2780. The van der Waals surface area contributed by atoms with Crippen LogP contribution in [0.15, 0.2) is 116 Å². The summed E-state index contributed by atoms with van der Waals surface area (Å²) < 4.78 is 13.2. The predicted octanol–water partition coefficient (Wildman–Crippen LogP) is 12.6. The second-order valence-electron chi connectivity index (χ2n) is 19.7. The molecule has 0 aliphatic carbocycles. The van der Waals surface area contributed by atoms with Crippen molar-refractivity contribution in [1.29, 1.82) is 0 Å².